The maximum absolute atomic E-state index is 12.1. The number of nitrogens with zero attached hydrogens (tertiary/aromatic N) is 2. The van der Waals surface area contributed by atoms with E-state index in [1.54, 1.807) is 0 Å². The molecule has 5 heteroatoms. The second-order valence-corrected chi connectivity index (χ2v) is 5.30. The van der Waals surface area contributed by atoms with Crippen molar-refractivity contribution in [3.8, 4) is 0 Å². The van der Waals surface area contributed by atoms with E-state index in [2.05, 4.69) is 0 Å². The van der Waals surface area contributed by atoms with E-state index in [0.29, 0.717) is 6.42 Å². The average molecular weight is 260 g/mol. The summed E-state index contributed by atoms with van der Waals surface area (Å²) in [6, 6.07) is 1.39. The van der Waals surface area contributed by atoms with Crippen LogP contribution in [0.2, 0.25) is 0 Å². The summed E-state index contributed by atoms with van der Waals surface area (Å²) in [4.78, 5) is 36.9. The first-order valence-corrected chi connectivity index (χ1v) is 6.55. The normalized spacial score (nSPS) is 23.2. The molecule has 0 radical (unpaired) electrons. The quantitative estimate of drug-likeness (QED) is 0.714. The van der Waals surface area contributed by atoms with Crippen molar-refractivity contribution in [2.24, 2.45) is 0 Å². The zero-order valence-electron chi connectivity index (χ0n) is 11.1. The number of imide groups is 1. The van der Waals surface area contributed by atoms with Crippen molar-refractivity contribution in [1.29, 1.82) is 0 Å². The Morgan fingerprint density at radius 1 is 1.21 bits per heavy atom. The zero-order valence-corrected chi connectivity index (χ0v) is 11.1. The molecule has 2 amide bonds. The van der Waals surface area contributed by atoms with E-state index in [9.17, 15) is 14.4 Å². The molecular formula is C14H16N2O3. The molecule has 0 aromatic carbocycles. The van der Waals surface area contributed by atoms with Crippen LogP contribution in [0.5, 0.6) is 0 Å². The van der Waals surface area contributed by atoms with Crippen molar-refractivity contribution in [3.05, 3.63) is 23.0 Å². The topological polar surface area (TPSA) is 59.4 Å². The van der Waals surface area contributed by atoms with Crippen LogP contribution < -0.4 is 0 Å². The van der Waals surface area contributed by atoms with E-state index in [1.165, 1.54) is 11.9 Å². The van der Waals surface area contributed by atoms with Gasteiger partial charge in [-0.25, -0.2) is 0 Å². The van der Waals surface area contributed by atoms with Gasteiger partial charge in [-0.2, -0.15) is 0 Å². The third-order valence-electron chi connectivity index (χ3n) is 4.12. The van der Waals surface area contributed by atoms with Crippen molar-refractivity contribution in [3.63, 3.8) is 0 Å². The Morgan fingerprint density at radius 3 is 2.58 bits per heavy atom. The van der Waals surface area contributed by atoms with E-state index in [1.807, 2.05) is 17.6 Å². The maximum atomic E-state index is 12.1. The fraction of sp³-hybridized carbons (Fsp3) is 0.500. The van der Waals surface area contributed by atoms with Crippen molar-refractivity contribution >= 4 is 17.6 Å². The molecule has 0 saturated carbocycles. The molecule has 19 heavy (non-hydrogen) atoms. The number of likely N-dealkylation sites (N-methyl/N-ethyl adjacent to an activating group) is 1. The van der Waals surface area contributed by atoms with E-state index in [0.717, 1.165) is 29.8 Å². The minimum absolute atomic E-state index is 0.147. The number of fused-ring (bicyclic) bond motifs is 1. The number of rotatable bonds is 1. The molecule has 1 aliphatic heterocycles. The summed E-state index contributed by atoms with van der Waals surface area (Å²) in [6.07, 6.45) is 2.40. The second kappa shape index (κ2) is 4.05. The van der Waals surface area contributed by atoms with E-state index < -0.39 is 6.04 Å². The number of Topliss-reactive ketones (excluding diaryl/α,β-unsaturated/α-hetero) is 1. The van der Waals surface area contributed by atoms with Gasteiger partial charge in [-0.1, -0.05) is 0 Å². The number of aromatic nitrogens is 1. The summed E-state index contributed by atoms with van der Waals surface area (Å²) in [7, 11) is 1.51. The lowest BCUT2D eigenvalue weighted by molar-refractivity contribution is -0.137. The van der Waals surface area contributed by atoms with Crippen LogP contribution in [0.15, 0.2) is 6.07 Å². The first-order chi connectivity index (χ1) is 9.00. The fourth-order valence-electron chi connectivity index (χ4n) is 3.12. The van der Waals surface area contributed by atoms with Gasteiger partial charge < -0.3 is 4.57 Å². The third kappa shape index (κ3) is 1.64. The number of aryl methyl sites for hydroxylation is 1. The van der Waals surface area contributed by atoms with Gasteiger partial charge in [-0.15, -0.1) is 0 Å². The van der Waals surface area contributed by atoms with E-state index in [-0.39, 0.29) is 24.0 Å². The highest BCUT2D eigenvalue weighted by molar-refractivity contribution is 6.05. The lowest BCUT2D eigenvalue weighted by Crippen LogP contribution is -2.28. The minimum atomic E-state index is -0.466. The predicted octanol–water partition coefficient (Wildman–Crippen LogP) is 1.25. The molecule has 2 heterocycles. The Bertz CT molecular complexity index is 600. The first-order valence-electron chi connectivity index (χ1n) is 6.55. The molecule has 1 aromatic heterocycles. The molecule has 0 spiro atoms. The molecule has 3 rings (SSSR count). The Morgan fingerprint density at radius 2 is 1.95 bits per heavy atom. The van der Waals surface area contributed by atoms with Crippen molar-refractivity contribution in [1.82, 2.24) is 9.47 Å². The van der Waals surface area contributed by atoms with Gasteiger partial charge in [0.25, 0.3) is 5.91 Å². The van der Waals surface area contributed by atoms with Crippen LogP contribution >= 0.6 is 0 Å². The monoisotopic (exact) mass is 260 g/mol. The Labute approximate surface area is 111 Å². The van der Waals surface area contributed by atoms with E-state index >= 15 is 0 Å². The highest BCUT2D eigenvalue weighted by atomic mass is 16.2. The fourth-order valence-corrected chi connectivity index (χ4v) is 3.12. The number of ketones is 1. The van der Waals surface area contributed by atoms with Crippen molar-refractivity contribution < 1.29 is 14.4 Å². The molecule has 100 valence electrons. The SMILES string of the molecule is Cc1cc2c(n1C1CC(=O)N(C)C1=O)CCCC2=O. The predicted molar refractivity (Wildman–Crippen MR) is 67.9 cm³/mol. The van der Waals surface area contributed by atoms with Crippen LogP contribution in [-0.2, 0) is 16.0 Å². The molecule has 1 unspecified atom stereocenters. The number of carbonyl (C=O) groups is 3. The summed E-state index contributed by atoms with van der Waals surface area (Å²) in [5.74, 6) is -0.184. The summed E-state index contributed by atoms with van der Waals surface area (Å²) in [6.45, 7) is 1.89. The van der Waals surface area contributed by atoms with Crippen LogP contribution in [0.1, 0.15) is 47.1 Å². The lowest BCUT2D eigenvalue weighted by Gasteiger charge is -2.19. The molecule has 0 N–H and O–H groups in total. The van der Waals surface area contributed by atoms with Crippen LogP contribution in [0.25, 0.3) is 0 Å². The molecule has 1 aliphatic carbocycles. The van der Waals surface area contributed by atoms with Crippen LogP contribution in [0.3, 0.4) is 0 Å². The van der Waals surface area contributed by atoms with Gasteiger partial charge in [0.2, 0.25) is 5.91 Å². The highest BCUT2D eigenvalue weighted by Gasteiger charge is 2.39. The molecule has 1 atom stereocenters. The molecule has 1 aromatic rings. The maximum Gasteiger partial charge on any atom is 0.252 e. The number of hydrogen-bond acceptors (Lipinski definition) is 3. The minimum Gasteiger partial charge on any atom is -0.335 e. The van der Waals surface area contributed by atoms with Gasteiger partial charge >= 0.3 is 0 Å². The standard InChI is InChI=1S/C14H16N2O3/c1-8-6-9-10(4-3-5-12(9)17)16(8)11-7-13(18)15(2)14(11)19/h6,11H,3-5,7H2,1-2H3. The average Bonchev–Trinajstić information content (AvgIpc) is 2.83. The van der Waals surface area contributed by atoms with Crippen LogP contribution in [0, 0.1) is 6.92 Å². The van der Waals surface area contributed by atoms with Gasteiger partial charge in [0, 0.05) is 30.4 Å². The van der Waals surface area contributed by atoms with Gasteiger partial charge in [-0.3, -0.25) is 19.3 Å². The van der Waals surface area contributed by atoms with E-state index in [4.69, 9.17) is 0 Å². The Balaban J connectivity index is 2.09. The van der Waals surface area contributed by atoms with Crippen LogP contribution in [0.4, 0.5) is 0 Å². The lowest BCUT2D eigenvalue weighted by atomic mass is 9.96. The zero-order chi connectivity index (χ0) is 13.7. The molecule has 2 aliphatic rings. The largest absolute Gasteiger partial charge is 0.335 e. The summed E-state index contributed by atoms with van der Waals surface area (Å²) in [5.41, 5.74) is 2.55. The smallest absolute Gasteiger partial charge is 0.252 e. The molecule has 1 saturated heterocycles. The molecular weight excluding hydrogens is 244 g/mol. The summed E-state index contributed by atoms with van der Waals surface area (Å²) >= 11 is 0. The van der Waals surface area contributed by atoms with Crippen LogP contribution in [-0.4, -0.2) is 34.1 Å². The Hall–Kier alpha value is -1.91. The molecule has 5 nitrogen and oxygen atoms in total. The summed E-state index contributed by atoms with van der Waals surface area (Å²) in [5, 5.41) is 0. The van der Waals surface area contributed by atoms with Gasteiger partial charge in [0.05, 0.1) is 6.42 Å². The second-order valence-electron chi connectivity index (χ2n) is 5.30. The van der Waals surface area contributed by atoms with Crippen molar-refractivity contribution in [2.75, 3.05) is 7.05 Å². The Kier molecular flexibility index (Phi) is 2.59. The number of likely N-dealkylation sites (tertiary alicyclic amines) is 1. The highest BCUT2D eigenvalue weighted by Crippen LogP contribution is 2.32. The molecule has 0 bridgehead atoms. The third-order valence-corrected chi connectivity index (χ3v) is 4.12. The summed E-state index contributed by atoms with van der Waals surface area (Å²) < 4.78 is 1.90. The molecule has 1 fully saturated rings. The van der Waals surface area contributed by atoms with Gasteiger partial charge in [0.15, 0.2) is 5.78 Å². The number of amides is 2. The van der Waals surface area contributed by atoms with Gasteiger partial charge in [0.1, 0.15) is 6.04 Å². The number of hydrogen-bond donors (Lipinski definition) is 0. The van der Waals surface area contributed by atoms with Crippen molar-refractivity contribution in [2.45, 2.75) is 38.6 Å². The number of carbonyl (C=O) groups excluding carboxylic acids is 3. The van der Waals surface area contributed by atoms with Gasteiger partial charge in [-0.05, 0) is 25.8 Å². The first kappa shape index (κ1) is 12.1.